The molecule has 1 fully saturated rings. The van der Waals surface area contributed by atoms with Crippen molar-refractivity contribution in [2.45, 2.75) is 25.4 Å². The second-order valence-corrected chi connectivity index (χ2v) is 4.83. The highest BCUT2D eigenvalue weighted by molar-refractivity contribution is 5.33. The lowest BCUT2D eigenvalue weighted by Crippen LogP contribution is -2.47. The van der Waals surface area contributed by atoms with Gasteiger partial charge < -0.3 is 15.2 Å². The van der Waals surface area contributed by atoms with E-state index in [1.54, 1.807) is 12.1 Å². The summed E-state index contributed by atoms with van der Waals surface area (Å²) in [5.74, 6) is -0.0970. The molecule has 0 spiro atoms. The molecule has 2 atom stereocenters. The SMILES string of the molecule is CCC1CNCCC1(O)c1ccc(OC)c(F)c1. The molecule has 0 bridgehead atoms. The van der Waals surface area contributed by atoms with Gasteiger partial charge in [0, 0.05) is 12.5 Å². The van der Waals surface area contributed by atoms with Gasteiger partial charge in [0.1, 0.15) is 0 Å². The van der Waals surface area contributed by atoms with Crippen LogP contribution in [0.1, 0.15) is 25.3 Å². The monoisotopic (exact) mass is 253 g/mol. The molecule has 1 saturated heterocycles. The molecule has 0 aromatic heterocycles. The first-order chi connectivity index (χ1) is 8.61. The Morgan fingerprint density at radius 3 is 2.94 bits per heavy atom. The third-order valence-corrected chi connectivity index (χ3v) is 3.89. The minimum absolute atomic E-state index is 0.110. The number of aliphatic hydroxyl groups is 1. The largest absolute Gasteiger partial charge is 0.494 e. The van der Waals surface area contributed by atoms with Crippen LogP contribution in [0.4, 0.5) is 4.39 Å². The van der Waals surface area contributed by atoms with Crippen molar-refractivity contribution in [3.8, 4) is 5.75 Å². The van der Waals surface area contributed by atoms with Crippen molar-refractivity contribution in [2.24, 2.45) is 5.92 Å². The molecule has 2 N–H and O–H groups in total. The first-order valence-electron chi connectivity index (χ1n) is 6.39. The second kappa shape index (κ2) is 5.24. The summed E-state index contributed by atoms with van der Waals surface area (Å²) < 4.78 is 18.7. The van der Waals surface area contributed by atoms with Crippen molar-refractivity contribution in [3.05, 3.63) is 29.6 Å². The van der Waals surface area contributed by atoms with Crippen LogP contribution >= 0.6 is 0 Å². The van der Waals surface area contributed by atoms with E-state index in [2.05, 4.69) is 5.32 Å². The molecule has 1 aliphatic rings. The van der Waals surface area contributed by atoms with E-state index in [1.165, 1.54) is 13.2 Å². The molecular formula is C14H20FNO2. The molecule has 18 heavy (non-hydrogen) atoms. The number of methoxy groups -OCH3 is 1. The summed E-state index contributed by atoms with van der Waals surface area (Å²) in [4.78, 5) is 0. The fraction of sp³-hybridized carbons (Fsp3) is 0.571. The average molecular weight is 253 g/mol. The Bertz CT molecular complexity index is 424. The van der Waals surface area contributed by atoms with Gasteiger partial charge in [0.25, 0.3) is 0 Å². The van der Waals surface area contributed by atoms with Crippen LogP contribution in [0.15, 0.2) is 18.2 Å². The molecule has 2 rings (SSSR count). The zero-order valence-corrected chi connectivity index (χ0v) is 10.9. The number of hydrogen-bond acceptors (Lipinski definition) is 3. The number of piperidine rings is 1. The zero-order chi connectivity index (χ0) is 13.2. The lowest BCUT2D eigenvalue weighted by atomic mass is 9.75. The Balaban J connectivity index is 2.36. The van der Waals surface area contributed by atoms with E-state index in [4.69, 9.17) is 4.74 Å². The number of benzene rings is 1. The lowest BCUT2D eigenvalue weighted by Gasteiger charge is -2.40. The Labute approximate surface area is 107 Å². The van der Waals surface area contributed by atoms with E-state index in [-0.39, 0.29) is 11.7 Å². The maximum atomic E-state index is 13.8. The minimum Gasteiger partial charge on any atom is -0.494 e. The Kier molecular flexibility index (Phi) is 3.88. The molecule has 3 nitrogen and oxygen atoms in total. The number of halogens is 1. The van der Waals surface area contributed by atoms with Crippen molar-refractivity contribution < 1.29 is 14.2 Å². The van der Waals surface area contributed by atoms with Gasteiger partial charge in [-0.25, -0.2) is 4.39 Å². The van der Waals surface area contributed by atoms with Crippen molar-refractivity contribution >= 4 is 0 Å². The Hall–Kier alpha value is -1.13. The number of ether oxygens (including phenoxy) is 1. The average Bonchev–Trinajstić information content (AvgIpc) is 2.39. The minimum atomic E-state index is -0.937. The van der Waals surface area contributed by atoms with Crippen LogP contribution < -0.4 is 10.1 Å². The Morgan fingerprint density at radius 1 is 1.56 bits per heavy atom. The van der Waals surface area contributed by atoms with Crippen molar-refractivity contribution in [3.63, 3.8) is 0 Å². The van der Waals surface area contributed by atoms with E-state index in [0.717, 1.165) is 19.5 Å². The molecule has 1 aromatic carbocycles. The summed E-state index contributed by atoms with van der Waals surface area (Å²) in [5, 5.41) is 14.1. The van der Waals surface area contributed by atoms with Crippen LogP contribution in [0.5, 0.6) is 5.75 Å². The highest BCUT2D eigenvalue weighted by atomic mass is 19.1. The highest BCUT2D eigenvalue weighted by Crippen LogP contribution is 2.38. The lowest BCUT2D eigenvalue weighted by molar-refractivity contribution is -0.0481. The van der Waals surface area contributed by atoms with Gasteiger partial charge in [0.15, 0.2) is 11.6 Å². The molecular weight excluding hydrogens is 233 g/mol. The molecule has 0 radical (unpaired) electrons. The van der Waals surface area contributed by atoms with Gasteiger partial charge in [-0.3, -0.25) is 0 Å². The molecule has 1 heterocycles. The number of hydrogen-bond donors (Lipinski definition) is 2. The molecule has 2 unspecified atom stereocenters. The fourth-order valence-corrected chi connectivity index (χ4v) is 2.73. The smallest absolute Gasteiger partial charge is 0.165 e. The van der Waals surface area contributed by atoms with Crippen molar-refractivity contribution in [1.29, 1.82) is 0 Å². The van der Waals surface area contributed by atoms with Crippen LogP contribution in [0.3, 0.4) is 0 Å². The molecule has 100 valence electrons. The van der Waals surface area contributed by atoms with E-state index in [0.29, 0.717) is 12.0 Å². The van der Waals surface area contributed by atoms with Crippen LogP contribution in [0.25, 0.3) is 0 Å². The molecule has 0 aliphatic carbocycles. The quantitative estimate of drug-likeness (QED) is 0.866. The zero-order valence-electron chi connectivity index (χ0n) is 10.9. The van der Waals surface area contributed by atoms with Crippen LogP contribution in [-0.2, 0) is 5.60 Å². The summed E-state index contributed by atoms with van der Waals surface area (Å²) in [6, 6.07) is 4.74. The number of nitrogens with one attached hydrogen (secondary N) is 1. The van der Waals surface area contributed by atoms with Gasteiger partial charge in [-0.1, -0.05) is 13.0 Å². The second-order valence-electron chi connectivity index (χ2n) is 4.83. The maximum Gasteiger partial charge on any atom is 0.165 e. The molecule has 0 amide bonds. The first kappa shape index (κ1) is 13.3. The topological polar surface area (TPSA) is 41.5 Å². The fourth-order valence-electron chi connectivity index (χ4n) is 2.73. The highest BCUT2D eigenvalue weighted by Gasteiger charge is 2.39. The van der Waals surface area contributed by atoms with Crippen molar-refractivity contribution in [1.82, 2.24) is 5.32 Å². The predicted molar refractivity (Wildman–Crippen MR) is 68.1 cm³/mol. The van der Waals surface area contributed by atoms with Gasteiger partial charge in [0.2, 0.25) is 0 Å². The predicted octanol–water partition coefficient (Wildman–Crippen LogP) is 2.04. The van der Waals surface area contributed by atoms with E-state index in [1.807, 2.05) is 6.92 Å². The van der Waals surface area contributed by atoms with Gasteiger partial charge >= 0.3 is 0 Å². The van der Waals surface area contributed by atoms with Crippen LogP contribution in [0, 0.1) is 11.7 Å². The van der Waals surface area contributed by atoms with Crippen LogP contribution in [0.2, 0.25) is 0 Å². The van der Waals surface area contributed by atoms with Gasteiger partial charge in [-0.15, -0.1) is 0 Å². The van der Waals surface area contributed by atoms with Gasteiger partial charge in [0.05, 0.1) is 12.7 Å². The summed E-state index contributed by atoms with van der Waals surface area (Å²) in [5.41, 5.74) is -0.290. The van der Waals surface area contributed by atoms with E-state index in [9.17, 15) is 9.50 Å². The third kappa shape index (κ3) is 2.22. The third-order valence-electron chi connectivity index (χ3n) is 3.89. The van der Waals surface area contributed by atoms with Gasteiger partial charge in [-0.05, 0) is 37.1 Å². The summed E-state index contributed by atoms with van der Waals surface area (Å²) in [7, 11) is 1.44. The molecule has 1 aromatic rings. The van der Waals surface area contributed by atoms with E-state index >= 15 is 0 Å². The molecule has 1 aliphatic heterocycles. The summed E-state index contributed by atoms with van der Waals surface area (Å²) in [6.45, 7) is 3.56. The van der Waals surface area contributed by atoms with E-state index < -0.39 is 11.4 Å². The molecule has 4 heteroatoms. The van der Waals surface area contributed by atoms with Crippen molar-refractivity contribution in [2.75, 3.05) is 20.2 Å². The summed E-state index contributed by atoms with van der Waals surface area (Å²) in [6.07, 6.45) is 1.47. The number of rotatable bonds is 3. The summed E-state index contributed by atoms with van der Waals surface area (Å²) >= 11 is 0. The Morgan fingerprint density at radius 2 is 2.33 bits per heavy atom. The standard InChI is InChI=1S/C14H20FNO2/c1-3-10-9-16-7-6-14(10,17)11-4-5-13(18-2)12(15)8-11/h4-5,8,10,16-17H,3,6-7,9H2,1-2H3. The normalized spacial score (nSPS) is 28.1. The van der Waals surface area contributed by atoms with Crippen LogP contribution in [-0.4, -0.2) is 25.3 Å². The first-order valence-corrected chi connectivity index (χ1v) is 6.39. The van der Waals surface area contributed by atoms with Gasteiger partial charge in [-0.2, -0.15) is 0 Å². The molecule has 0 saturated carbocycles. The maximum absolute atomic E-state index is 13.8.